The van der Waals surface area contributed by atoms with Gasteiger partial charge in [-0.1, -0.05) is 0 Å². The summed E-state index contributed by atoms with van der Waals surface area (Å²) in [4.78, 5) is 12.4. The van der Waals surface area contributed by atoms with E-state index in [0.29, 0.717) is 19.0 Å². The summed E-state index contributed by atoms with van der Waals surface area (Å²) in [6.07, 6.45) is 0.814. The Morgan fingerprint density at radius 2 is 2.05 bits per heavy atom. The van der Waals surface area contributed by atoms with Gasteiger partial charge in [-0.3, -0.25) is 4.79 Å². The zero-order valence-corrected chi connectivity index (χ0v) is 12.0. The average molecular weight is 282 g/mol. The molecular weight excluding hydrogens is 264 g/mol. The molecule has 104 valence electrons. The Balaban J connectivity index is 1.94. The summed E-state index contributed by atoms with van der Waals surface area (Å²) < 4.78 is 16.3. The average Bonchev–Trinajstić information content (AvgIpc) is 2.60. The minimum Gasteiger partial charge on any atom is -0.490 e. The lowest BCUT2D eigenvalue weighted by molar-refractivity contribution is -0.144. The summed E-state index contributed by atoms with van der Waals surface area (Å²) >= 11 is 1.44. The first kappa shape index (κ1) is 14.1. The maximum absolute atomic E-state index is 11.5. The fourth-order valence-corrected chi connectivity index (χ4v) is 2.38. The van der Waals surface area contributed by atoms with E-state index in [9.17, 15) is 4.79 Å². The van der Waals surface area contributed by atoms with Crippen molar-refractivity contribution < 1.29 is 19.0 Å². The van der Waals surface area contributed by atoms with E-state index in [1.807, 2.05) is 32.0 Å². The van der Waals surface area contributed by atoms with Gasteiger partial charge in [0.25, 0.3) is 0 Å². The van der Waals surface area contributed by atoms with Crippen molar-refractivity contribution in [2.24, 2.45) is 0 Å². The van der Waals surface area contributed by atoms with Gasteiger partial charge in [0.1, 0.15) is 0 Å². The van der Waals surface area contributed by atoms with Gasteiger partial charge in [0.2, 0.25) is 0 Å². The number of esters is 1. The number of thioether (sulfide) groups is 1. The Bertz CT molecular complexity index is 445. The van der Waals surface area contributed by atoms with Crippen molar-refractivity contribution in [2.75, 3.05) is 19.0 Å². The number of carbonyl (C=O) groups excluding carboxylic acids is 1. The normalized spacial score (nSPS) is 14.1. The van der Waals surface area contributed by atoms with Crippen LogP contribution in [-0.2, 0) is 9.53 Å². The van der Waals surface area contributed by atoms with Crippen LogP contribution in [0, 0.1) is 0 Å². The quantitative estimate of drug-likeness (QED) is 0.627. The number of benzene rings is 1. The predicted octanol–water partition coefficient (Wildman–Crippen LogP) is 2.89. The molecule has 0 aliphatic carbocycles. The maximum Gasteiger partial charge on any atom is 0.316 e. The Labute approximate surface area is 117 Å². The Morgan fingerprint density at radius 1 is 1.32 bits per heavy atom. The Kier molecular flexibility index (Phi) is 4.96. The topological polar surface area (TPSA) is 44.8 Å². The molecule has 1 aromatic carbocycles. The molecule has 0 spiro atoms. The summed E-state index contributed by atoms with van der Waals surface area (Å²) in [5, 5.41) is 0. The van der Waals surface area contributed by atoms with Crippen LogP contribution in [0.25, 0.3) is 0 Å². The summed E-state index contributed by atoms with van der Waals surface area (Å²) in [5.41, 5.74) is 0. The van der Waals surface area contributed by atoms with Gasteiger partial charge in [-0.2, -0.15) is 0 Å². The second-order valence-corrected chi connectivity index (χ2v) is 5.54. The van der Waals surface area contributed by atoms with Crippen LogP contribution in [0.1, 0.15) is 20.3 Å². The molecule has 5 heteroatoms. The third-order valence-electron chi connectivity index (χ3n) is 2.44. The number of ether oxygens (including phenoxy) is 3. The van der Waals surface area contributed by atoms with E-state index in [2.05, 4.69) is 0 Å². The van der Waals surface area contributed by atoms with Gasteiger partial charge in [0.05, 0.1) is 25.1 Å². The first-order chi connectivity index (χ1) is 9.15. The van der Waals surface area contributed by atoms with Crippen LogP contribution in [0.5, 0.6) is 11.5 Å². The Morgan fingerprint density at radius 3 is 2.79 bits per heavy atom. The van der Waals surface area contributed by atoms with Crippen LogP contribution in [0.4, 0.5) is 0 Å². The maximum atomic E-state index is 11.5. The lowest BCUT2D eigenvalue weighted by Gasteiger charge is -2.10. The Hall–Kier alpha value is -1.36. The van der Waals surface area contributed by atoms with Crippen molar-refractivity contribution in [2.45, 2.75) is 31.3 Å². The molecule has 0 amide bonds. The molecule has 0 fully saturated rings. The van der Waals surface area contributed by atoms with E-state index >= 15 is 0 Å². The van der Waals surface area contributed by atoms with Gasteiger partial charge in [-0.15, -0.1) is 11.8 Å². The fourth-order valence-electron chi connectivity index (χ4n) is 1.67. The van der Waals surface area contributed by atoms with E-state index < -0.39 is 0 Å². The van der Waals surface area contributed by atoms with Crippen molar-refractivity contribution >= 4 is 17.7 Å². The lowest BCUT2D eigenvalue weighted by Crippen LogP contribution is -2.13. The summed E-state index contributed by atoms with van der Waals surface area (Å²) in [5.74, 6) is 1.62. The van der Waals surface area contributed by atoms with Gasteiger partial charge in [0, 0.05) is 11.3 Å². The number of hydrogen-bond donors (Lipinski definition) is 0. The first-order valence-electron chi connectivity index (χ1n) is 6.37. The molecule has 1 aliphatic heterocycles. The molecule has 0 N–H and O–H groups in total. The molecule has 1 aromatic rings. The smallest absolute Gasteiger partial charge is 0.316 e. The van der Waals surface area contributed by atoms with E-state index in [4.69, 9.17) is 14.2 Å². The summed E-state index contributed by atoms with van der Waals surface area (Å²) in [7, 11) is 0. The van der Waals surface area contributed by atoms with E-state index in [-0.39, 0.29) is 12.1 Å². The molecular formula is C14H18O4S. The van der Waals surface area contributed by atoms with Gasteiger partial charge in [-0.25, -0.2) is 0 Å². The van der Waals surface area contributed by atoms with Gasteiger partial charge in [-0.05, 0) is 32.0 Å². The number of rotatable bonds is 4. The van der Waals surface area contributed by atoms with E-state index in [1.54, 1.807) is 0 Å². The van der Waals surface area contributed by atoms with Crippen molar-refractivity contribution in [3.8, 4) is 11.5 Å². The van der Waals surface area contributed by atoms with E-state index in [1.165, 1.54) is 11.8 Å². The molecule has 2 rings (SSSR count). The largest absolute Gasteiger partial charge is 0.490 e. The minimum absolute atomic E-state index is 0.0723. The summed E-state index contributed by atoms with van der Waals surface area (Å²) in [6.45, 7) is 5.03. The first-order valence-corrected chi connectivity index (χ1v) is 7.35. The second-order valence-electron chi connectivity index (χ2n) is 4.49. The van der Waals surface area contributed by atoms with Crippen molar-refractivity contribution in [3.63, 3.8) is 0 Å². The van der Waals surface area contributed by atoms with Crippen molar-refractivity contribution in [1.82, 2.24) is 0 Å². The highest BCUT2D eigenvalue weighted by molar-refractivity contribution is 8.00. The zero-order valence-electron chi connectivity index (χ0n) is 11.2. The molecule has 0 bridgehead atoms. The van der Waals surface area contributed by atoms with Crippen molar-refractivity contribution in [3.05, 3.63) is 18.2 Å². The van der Waals surface area contributed by atoms with Gasteiger partial charge < -0.3 is 14.2 Å². The molecule has 1 heterocycles. The third kappa shape index (κ3) is 4.35. The van der Waals surface area contributed by atoms with Crippen LogP contribution < -0.4 is 9.47 Å². The van der Waals surface area contributed by atoms with Gasteiger partial charge in [0.15, 0.2) is 11.5 Å². The number of carbonyl (C=O) groups is 1. The van der Waals surface area contributed by atoms with Gasteiger partial charge >= 0.3 is 5.97 Å². The van der Waals surface area contributed by atoms with Crippen LogP contribution in [0.15, 0.2) is 23.1 Å². The van der Waals surface area contributed by atoms with Crippen LogP contribution in [-0.4, -0.2) is 31.0 Å². The zero-order chi connectivity index (χ0) is 13.7. The lowest BCUT2D eigenvalue weighted by atomic mass is 10.3. The number of hydrogen-bond acceptors (Lipinski definition) is 5. The van der Waals surface area contributed by atoms with Crippen LogP contribution in [0.3, 0.4) is 0 Å². The molecule has 0 unspecified atom stereocenters. The summed E-state index contributed by atoms with van der Waals surface area (Å²) in [6, 6.07) is 5.73. The highest BCUT2D eigenvalue weighted by Crippen LogP contribution is 2.33. The molecule has 0 saturated heterocycles. The highest BCUT2D eigenvalue weighted by atomic mass is 32.2. The minimum atomic E-state index is -0.202. The highest BCUT2D eigenvalue weighted by Gasteiger charge is 2.12. The molecule has 0 radical (unpaired) electrons. The standard InChI is InChI=1S/C14H18O4S/c1-10(2)18-14(15)9-19-11-4-5-12-13(8-11)17-7-3-6-16-12/h4-5,8,10H,3,6-7,9H2,1-2H3. The van der Waals surface area contributed by atoms with Crippen LogP contribution in [0.2, 0.25) is 0 Å². The molecule has 1 aliphatic rings. The molecule has 0 aromatic heterocycles. The number of fused-ring (bicyclic) bond motifs is 1. The fraction of sp³-hybridized carbons (Fsp3) is 0.500. The SMILES string of the molecule is CC(C)OC(=O)CSc1ccc2c(c1)OCCCO2. The molecule has 0 saturated carbocycles. The molecule has 19 heavy (non-hydrogen) atoms. The second kappa shape index (κ2) is 6.70. The molecule has 0 atom stereocenters. The third-order valence-corrected chi connectivity index (χ3v) is 3.41. The van der Waals surface area contributed by atoms with E-state index in [0.717, 1.165) is 22.8 Å². The predicted molar refractivity (Wildman–Crippen MR) is 74.0 cm³/mol. The molecule has 4 nitrogen and oxygen atoms in total. The van der Waals surface area contributed by atoms with Crippen molar-refractivity contribution in [1.29, 1.82) is 0 Å². The van der Waals surface area contributed by atoms with Crippen LogP contribution >= 0.6 is 11.8 Å². The monoisotopic (exact) mass is 282 g/mol.